The molecule has 1 aliphatic heterocycles. The van der Waals surface area contributed by atoms with E-state index in [0.29, 0.717) is 0 Å². The average molecular weight is 276 g/mol. The molecule has 0 atom stereocenters. The van der Waals surface area contributed by atoms with Crippen LogP contribution in [0.1, 0.15) is 57.2 Å². The highest BCUT2D eigenvalue weighted by Gasteiger charge is 2.20. The maximum absolute atomic E-state index is 9.42. The van der Waals surface area contributed by atoms with Gasteiger partial charge in [-0.15, -0.1) is 0 Å². The topological polar surface area (TPSA) is 36.4 Å². The number of pyridine rings is 1. The van der Waals surface area contributed by atoms with Crippen LogP contribution in [0.2, 0.25) is 0 Å². The Kier molecular flexibility index (Phi) is 5.84. The van der Waals surface area contributed by atoms with Gasteiger partial charge in [-0.3, -0.25) is 0 Å². The van der Waals surface area contributed by atoms with E-state index < -0.39 is 0 Å². The van der Waals surface area contributed by atoms with Gasteiger partial charge in [-0.25, -0.2) is 4.98 Å². The summed E-state index contributed by atoms with van der Waals surface area (Å²) in [5.74, 6) is 1.96. The third-order valence-electron chi connectivity index (χ3n) is 4.25. The van der Waals surface area contributed by atoms with E-state index in [0.717, 1.165) is 48.9 Å². The smallest absolute Gasteiger partial charge is 0.129 e. The summed E-state index contributed by atoms with van der Waals surface area (Å²) < 4.78 is 0. The SMILES string of the molecule is CCCc1cc(CO)cc(N2CCC(CCC)CC2)n1. The van der Waals surface area contributed by atoms with Gasteiger partial charge in [0.1, 0.15) is 5.82 Å². The molecule has 3 nitrogen and oxygen atoms in total. The summed E-state index contributed by atoms with van der Waals surface area (Å²) in [5.41, 5.74) is 2.11. The first-order valence-electron chi connectivity index (χ1n) is 8.12. The zero-order valence-electron chi connectivity index (χ0n) is 12.9. The summed E-state index contributed by atoms with van der Waals surface area (Å²) in [6.45, 7) is 6.77. The minimum absolute atomic E-state index is 0.110. The third-order valence-corrected chi connectivity index (χ3v) is 4.25. The second kappa shape index (κ2) is 7.63. The lowest BCUT2D eigenvalue weighted by molar-refractivity contribution is 0.281. The number of hydrogen-bond acceptors (Lipinski definition) is 3. The number of anilines is 1. The molecule has 3 heteroatoms. The van der Waals surface area contributed by atoms with Crippen molar-refractivity contribution in [1.29, 1.82) is 0 Å². The van der Waals surface area contributed by atoms with Crippen LogP contribution in [0.15, 0.2) is 12.1 Å². The quantitative estimate of drug-likeness (QED) is 0.863. The molecule has 112 valence electrons. The molecular weight excluding hydrogens is 248 g/mol. The molecule has 1 aromatic rings. The van der Waals surface area contributed by atoms with Gasteiger partial charge in [0.05, 0.1) is 6.61 Å². The Labute approximate surface area is 123 Å². The monoisotopic (exact) mass is 276 g/mol. The van der Waals surface area contributed by atoms with Crippen LogP contribution in [0.25, 0.3) is 0 Å². The summed E-state index contributed by atoms with van der Waals surface area (Å²) in [6.07, 6.45) is 7.31. The van der Waals surface area contributed by atoms with Crippen LogP contribution in [0, 0.1) is 5.92 Å². The van der Waals surface area contributed by atoms with E-state index in [9.17, 15) is 5.11 Å². The fraction of sp³-hybridized carbons (Fsp3) is 0.706. The number of aryl methyl sites for hydroxylation is 1. The van der Waals surface area contributed by atoms with Crippen molar-refractivity contribution >= 4 is 5.82 Å². The molecular formula is C17H28N2O. The molecule has 0 aliphatic carbocycles. The molecule has 0 saturated carbocycles. The molecule has 1 saturated heterocycles. The summed E-state index contributed by atoms with van der Waals surface area (Å²) in [4.78, 5) is 7.17. The van der Waals surface area contributed by atoms with E-state index >= 15 is 0 Å². The van der Waals surface area contributed by atoms with E-state index in [1.54, 1.807) is 0 Å². The minimum Gasteiger partial charge on any atom is -0.392 e. The zero-order valence-corrected chi connectivity index (χ0v) is 12.9. The van der Waals surface area contributed by atoms with E-state index in [-0.39, 0.29) is 6.61 Å². The lowest BCUT2D eigenvalue weighted by atomic mass is 9.92. The van der Waals surface area contributed by atoms with Crippen molar-refractivity contribution in [3.63, 3.8) is 0 Å². The van der Waals surface area contributed by atoms with Crippen LogP contribution in [0.3, 0.4) is 0 Å². The number of hydrogen-bond donors (Lipinski definition) is 1. The minimum atomic E-state index is 0.110. The van der Waals surface area contributed by atoms with Gasteiger partial charge in [-0.1, -0.05) is 33.1 Å². The Hall–Kier alpha value is -1.09. The maximum Gasteiger partial charge on any atom is 0.129 e. The lowest BCUT2D eigenvalue weighted by Gasteiger charge is -2.33. The lowest BCUT2D eigenvalue weighted by Crippen LogP contribution is -2.34. The molecule has 1 aromatic heterocycles. The number of piperidine rings is 1. The average Bonchev–Trinajstić information content (AvgIpc) is 2.48. The van der Waals surface area contributed by atoms with Crippen LogP contribution in [0.5, 0.6) is 0 Å². The summed E-state index contributed by atoms with van der Waals surface area (Å²) in [6, 6.07) is 4.09. The first kappa shape index (κ1) is 15.3. The molecule has 1 aliphatic rings. The molecule has 2 rings (SSSR count). The van der Waals surface area contributed by atoms with Gasteiger partial charge in [0.2, 0.25) is 0 Å². The van der Waals surface area contributed by atoms with Crippen molar-refractivity contribution in [3.8, 4) is 0 Å². The Balaban J connectivity index is 2.06. The van der Waals surface area contributed by atoms with Gasteiger partial charge in [0, 0.05) is 18.8 Å². The van der Waals surface area contributed by atoms with Gasteiger partial charge >= 0.3 is 0 Å². The van der Waals surface area contributed by atoms with E-state index in [4.69, 9.17) is 4.98 Å². The fourth-order valence-corrected chi connectivity index (χ4v) is 3.13. The Bertz CT molecular complexity index is 411. The highest BCUT2D eigenvalue weighted by Crippen LogP contribution is 2.26. The summed E-state index contributed by atoms with van der Waals surface area (Å²) >= 11 is 0. The highest BCUT2D eigenvalue weighted by molar-refractivity contribution is 5.43. The van der Waals surface area contributed by atoms with Crippen molar-refractivity contribution < 1.29 is 5.11 Å². The molecule has 0 amide bonds. The van der Waals surface area contributed by atoms with Gasteiger partial charge in [-0.2, -0.15) is 0 Å². The second-order valence-electron chi connectivity index (χ2n) is 5.95. The molecule has 0 aromatic carbocycles. The van der Waals surface area contributed by atoms with Gasteiger partial charge in [0.15, 0.2) is 0 Å². The highest BCUT2D eigenvalue weighted by atomic mass is 16.3. The fourth-order valence-electron chi connectivity index (χ4n) is 3.13. The first-order valence-corrected chi connectivity index (χ1v) is 8.12. The number of aliphatic hydroxyl groups excluding tert-OH is 1. The number of rotatable bonds is 6. The predicted octanol–water partition coefficient (Wildman–Crippen LogP) is 3.54. The van der Waals surface area contributed by atoms with Crippen LogP contribution >= 0.6 is 0 Å². The third kappa shape index (κ3) is 3.95. The van der Waals surface area contributed by atoms with Crippen LogP contribution in [-0.2, 0) is 13.0 Å². The molecule has 2 heterocycles. The van der Waals surface area contributed by atoms with Crippen molar-refractivity contribution in [2.75, 3.05) is 18.0 Å². The van der Waals surface area contributed by atoms with Crippen molar-refractivity contribution in [2.24, 2.45) is 5.92 Å². The molecule has 0 bridgehead atoms. The van der Waals surface area contributed by atoms with E-state index in [1.807, 2.05) is 6.07 Å². The van der Waals surface area contributed by atoms with E-state index in [1.165, 1.54) is 25.7 Å². The zero-order chi connectivity index (χ0) is 14.4. The maximum atomic E-state index is 9.42. The molecule has 0 radical (unpaired) electrons. The Morgan fingerprint density at radius 2 is 1.95 bits per heavy atom. The van der Waals surface area contributed by atoms with Crippen LogP contribution in [-0.4, -0.2) is 23.2 Å². The van der Waals surface area contributed by atoms with Gasteiger partial charge in [-0.05, 0) is 42.9 Å². The molecule has 20 heavy (non-hydrogen) atoms. The van der Waals surface area contributed by atoms with Crippen molar-refractivity contribution in [1.82, 2.24) is 4.98 Å². The molecule has 0 unspecified atom stereocenters. The Morgan fingerprint density at radius 1 is 1.20 bits per heavy atom. The molecule has 1 fully saturated rings. The summed E-state index contributed by atoms with van der Waals surface area (Å²) in [5, 5.41) is 9.42. The van der Waals surface area contributed by atoms with Crippen LogP contribution < -0.4 is 4.90 Å². The van der Waals surface area contributed by atoms with Gasteiger partial charge in [0.25, 0.3) is 0 Å². The van der Waals surface area contributed by atoms with Gasteiger partial charge < -0.3 is 10.0 Å². The largest absolute Gasteiger partial charge is 0.392 e. The van der Waals surface area contributed by atoms with E-state index in [2.05, 4.69) is 24.8 Å². The predicted molar refractivity (Wildman–Crippen MR) is 84.0 cm³/mol. The van der Waals surface area contributed by atoms with Crippen molar-refractivity contribution in [2.45, 2.75) is 59.0 Å². The number of aromatic nitrogens is 1. The standard InChI is InChI=1S/C17H28N2O/c1-3-5-14-7-9-19(10-8-14)17-12-15(13-20)11-16(18-17)6-4-2/h11-12,14,20H,3-10,13H2,1-2H3. The molecule has 1 N–H and O–H groups in total. The molecule has 0 spiro atoms. The number of aliphatic hydroxyl groups is 1. The summed E-state index contributed by atoms with van der Waals surface area (Å²) in [7, 11) is 0. The number of nitrogens with zero attached hydrogens (tertiary/aromatic N) is 2. The first-order chi connectivity index (χ1) is 9.76. The second-order valence-corrected chi connectivity index (χ2v) is 5.95. The normalized spacial score (nSPS) is 16.6. The Morgan fingerprint density at radius 3 is 2.55 bits per heavy atom. The van der Waals surface area contributed by atoms with Crippen LogP contribution in [0.4, 0.5) is 5.82 Å². The van der Waals surface area contributed by atoms with Crippen molar-refractivity contribution in [3.05, 3.63) is 23.4 Å².